The van der Waals surface area contributed by atoms with Gasteiger partial charge in [-0.25, -0.2) is 18.1 Å². The lowest BCUT2D eigenvalue weighted by molar-refractivity contribution is 0.0767. The first kappa shape index (κ1) is 22.9. The maximum atomic E-state index is 13.0. The van der Waals surface area contributed by atoms with Crippen molar-refractivity contribution in [3.8, 4) is 6.07 Å². The maximum Gasteiger partial charge on any atom is 0.253 e. The molecule has 0 saturated carbocycles. The minimum absolute atomic E-state index is 0.122. The highest BCUT2D eigenvalue weighted by Gasteiger charge is 2.23. The maximum absolute atomic E-state index is 13.0. The van der Waals surface area contributed by atoms with Gasteiger partial charge in [-0.2, -0.15) is 5.26 Å². The van der Waals surface area contributed by atoms with E-state index in [2.05, 4.69) is 15.8 Å². The lowest BCUT2D eigenvalue weighted by atomic mass is 10.2. The van der Waals surface area contributed by atoms with Crippen LogP contribution in [-0.2, 0) is 16.6 Å². The molecule has 1 aliphatic heterocycles. The van der Waals surface area contributed by atoms with Crippen molar-refractivity contribution < 1.29 is 13.2 Å². The molecule has 2 aromatic heterocycles. The summed E-state index contributed by atoms with van der Waals surface area (Å²) >= 11 is 1.48. The minimum Gasteiger partial charge on any atom is -0.354 e. The number of hydrogen-bond donors (Lipinski definition) is 1. The van der Waals surface area contributed by atoms with Crippen LogP contribution in [0.15, 0.2) is 65.0 Å². The van der Waals surface area contributed by atoms with Crippen molar-refractivity contribution in [3.05, 3.63) is 76.1 Å². The highest BCUT2D eigenvalue weighted by atomic mass is 32.2. The topological polar surface area (TPSA) is 106 Å². The number of benzene rings is 1. The molecule has 3 aromatic rings. The number of anilines is 1. The number of nitriles is 1. The minimum atomic E-state index is -3.66. The zero-order valence-electron chi connectivity index (χ0n) is 17.8. The Morgan fingerprint density at radius 1 is 1.09 bits per heavy atom. The first-order chi connectivity index (χ1) is 16.0. The number of nitrogens with one attached hydrogen (secondary N) is 1. The quantitative estimate of drug-likeness (QED) is 0.580. The van der Waals surface area contributed by atoms with Crippen LogP contribution in [-0.4, -0.2) is 50.4 Å². The first-order valence-electron chi connectivity index (χ1n) is 10.5. The number of amides is 1. The molecule has 0 spiro atoms. The van der Waals surface area contributed by atoms with Gasteiger partial charge in [0.15, 0.2) is 0 Å². The molecule has 10 heteroatoms. The van der Waals surface area contributed by atoms with Gasteiger partial charge in [-0.15, -0.1) is 11.3 Å². The average Bonchev–Trinajstić information content (AvgIpc) is 3.25. The Balaban J connectivity index is 1.40. The normalized spacial score (nSPS) is 14.5. The predicted molar refractivity (Wildman–Crippen MR) is 126 cm³/mol. The lowest BCUT2D eigenvalue weighted by Gasteiger charge is -2.23. The van der Waals surface area contributed by atoms with Crippen LogP contribution in [0.4, 0.5) is 5.82 Å². The van der Waals surface area contributed by atoms with E-state index in [-0.39, 0.29) is 17.3 Å². The third kappa shape index (κ3) is 5.39. The van der Waals surface area contributed by atoms with E-state index in [1.807, 2.05) is 22.4 Å². The molecule has 0 aliphatic carbocycles. The van der Waals surface area contributed by atoms with E-state index in [1.165, 1.54) is 23.5 Å². The van der Waals surface area contributed by atoms with Crippen LogP contribution in [0.25, 0.3) is 0 Å². The number of sulfonamides is 1. The Kier molecular flexibility index (Phi) is 7.03. The smallest absolute Gasteiger partial charge is 0.253 e. The standard InChI is InChI=1S/C23H23N5O3S2/c24-16-19-4-1-10-25-22(19)27-11-3-12-28(14-13-27)23(29)18-6-8-21(9-7-18)33(30,31)26-17-20-5-2-15-32-20/h1-2,4-10,15,26H,3,11-14,17H2. The van der Waals surface area contributed by atoms with E-state index < -0.39 is 10.0 Å². The molecule has 33 heavy (non-hydrogen) atoms. The summed E-state index contributed by atoms with van der Waals surface area (Å²) in [6, 6.07) is 15.4. The molecule has 1 saturated heterocycles. The van der Waals surface area contributed by atoms with Crippen LogP contribution < -0.4 is 9.62 Å². The van der Waals surface area contributed by atoms with Crippen LogP contribution in [0.5, 0.6) is 0 Å². The van der Waals surface area contributed by atoms with Gasteiger partial charge in [0.1, 0.15) is 11.9 Å². The van der Waals surface area contributed by atoms with Crippen molar-refractivity contribution in [2.24, 2.45) is 0 Å². The molecule has 0 unspecified atom stereocenters. The summed E-state index contributed by atoms with van der Waals surface area (Å²) in [5, 5.41) is 11.2. The Hall–Kier alpha value is -3.26. The summed E-state index contributed by atoms with van der Waals surface area (Å²) in [7, 11) is -3.66. The summed E-state index contributed by atoms with van der Waals surface area (Å²) < 4.78 is 27.7. The fourth-order valence-electron chi connectivity index (χ4n) is 3.69. The zero-order chi connectivity index (χ0) is 23.3. The molecule has 1 fully saturated rings. The van der Waals surface area contributed by atoms with Crippen LogP contribution in [0, 0.1) is 11.3 Å². The molecule has 4 rings (SSSR count). The van der Waals surface area contributed by atoms with Gasteiger partial charge in [0.25, 0.3) is 5.91 Å². The summed E-state index contributed by atoms with van der Waals surface area (Å²) in [6.07, 6.45) is 2.40. The molecule has 8 nitrogen and oxygen atoms in total. The van der Waals surface area contributed by atoms with Gasteiger partial charge in [0.05, 0.1) is 10.5 Å². The second-order valence-corrected chi connectivity index (χ2v) is 10.3. The van der Waals surface area contributed by atoms with Crippen LogP contribution >= 0.6 is 11.3 Å². The second kappa shape index (κ2) is 10.1. The van der Waals surface area contributed by atoms with Gasteiger partial charge in [0.2, 0.25) is 10.0 Å². The number of rotatable bonds is 6. The monoisotopic (exact) mass is 481 g/mol. The third-order valence-electron chi connectivity index (χ3n) is 5.42. The SMILES string of the molecule is N#Cc1cccnc1N1CCCN(C(=O)c2ccc(S(=O)(=O)NCc3cccs3)cc2)CC1. The van der Waals surface area contributed by atoms with Crippen molar-refractivity contribution in [2.75, 3.05) is 31.1 Å². The molecule has 3 heterocycles. The summed E-state index contributed by atoms with van der Waals surface area (Å²) in [5.41, 5.74) is 0.956. The van der Waals surface area contributed by atoms with Crippen molar-refractivity contribution in [3.63, 3.8) is 0 Å². The highest BCUT2D eigenvalue weighted by molar-refractivity contribution is 7.89. The molecule has 1 aromatic carbocycles. The van der Waals surface area contributed by atoms with Crippen molar-refractivity contribution >= 4 is 33.1 Å². The van der Waals surface area contributed by atoms with Gasteiger partial charge < -0.3 is 9.80 Å². The summed E-state index contributed by atoms with van der Waals surface area (Å²) in [4.78, 5) is 22.2. The predicted octanol–water partition coefficient (Wildman–Crippen LogP) is 2.85. The van der Waals surface area contributed by atoms with Gasteiger partial charge in [-0.05, 0) is 54.3 Å². The Morgan fingerprint density at radius 2 is 1.91 bits per heavy atom. The van der Waals surface area contributed by atoms with Gasteiger partial charge in [-0.3, -0.25) is 4.79 Å². The number of hydrogen-bond acceptors (Lipinski definition) is 7. The number of carbonyl (C=O) groups is 1. The largest absolute Gasteiger partial charge is 0.354 e. The van der Waals surface area contributed by atoms with Crippen molar-refractivity contribution in [1.82, 2.24) is 14.6 Å². The van der Waals surface area contributed by atoms with E-state index >= 15 is 0 Å². The van der Waals surface area contributed by atoms with Gasteiger partial charge in [0, 0.05) is 49.4 Å². The molecule has 0 atom stereocenters. The van der Waals surface area contributed by atoms with E-state index in [9.17, 15) is 18.5 Å². The summed E-state index contributed by atoms with van der Waals surface area (Å²) in [6.45, 7) is 2.56. The van der Waals surface area contributed by atoms with Crippen molar-refractivity contribution in [2.45, 2.75) is 17.9 Å². The Labute approximate surface area is 197 Å². The van der Waals surface area contributed by atoms with Crippen LogP contribution in [0.3, 0.4) is 0 Å². The molecule has 0 bridgehead atoms. The highest BCUT2D eigenvalue weighted by Crippen LogP contribution is 2.20. The van der Waals surface area contributed by atoms with Crippen molar-refractivity contribution in [1.29, 1.82) is 5.26 Å². The lowest BCUT2D eigenvalue weighted by Crippen LogP contribution is -2.35. The molecular formula is C23H23N5O3S2. The molecule has 1 N–H and O–H groups in total. The third-order valence-corrected chi connectivity index (χ3v) is 7.71. The summed E-state index contributed by atoms with van der Waals surface area (Å²) in [5.74, 6) is 0.493. The van der Waals surface area contributed by atoms with E-state index in [1.54, 1.807) is 35.4 Å². The van der Waals surface area contributed by atoms with Gasteiger partial charge in [-0.1, -0.05) is 6.07 Å². The fourth-order valence-corrected chi connectivity index (χ4v) is 5.43. The van der Waals surface area contributed by atoms with E-state index in [0.29, 0.717) is 43.1 Å². The Bertz CT molecular complexity index is 1250. The second-order valence-electron chi connectivity index (χ2n) is 7.55. The molecule has 1 aliphatic rings. The molecule has 170 valence electrons. The Morgan fingerprint density at radius 3 is 2.64 bits per heavy atom. The molecule has 0 radical (unpaired) electrons. The average molecular weight is 482 g/mol. The zero-order valence-corrected chi connectivity index (χ0v) is 19.5. The van der Waals surface area contributed by atoms with Crippen LogP contribution in [0.2, 0.25) is 0 Å². The number of thiophene rings is 1. The number of pyridine rings is 1. The van der Waals surface area contributed by atoms with Crippen LogP contribution in [0.1, 0.15) is 27.2 Å². The van der Waals surface area contributed by atoms with E-state index in [0.717, 1.165) is 11.3 Å². The number of aromatic nitrogens is 1. The number of nitrogens with zero attached hydrogens (tertiary/aromatic N) is 4. The van der Waals surface area contributed by atoms with E-state index in [4.69, 9.17) is 0 Å². The molecule has 1 amide bonds. The number of carbonyl (C=O) groups excluding carboxylic acids is 1. The van der Waals surface area contributed by atoms with Gasteiger partial charge >= 0.3 is 0 Å². The fraction of sp³-hybridized carbons (Fsp3) is 0.261. The molecular weight excluding hydrogens is 458 g/mol. The first-order valence-corrected chi connectivity index (χ1v) is 12.9.